The van der Waals surface area contributed by atoms with Crippen molar-refractivity contribution >= 4 is 71.3 Å². The number of rotatable bonds is 5. The molecular formula is C35H41Br3N2S2. The molecule has 42 heavy (non-hydrogen) atoms. The van der Waals surface area contributed by atoms with Crippen LogP contribution in [0, 0.1) is 0 Å². The fraction of sp³-hybridized carbons (Fsp3) is 0.314. The predicted octanol–water partition coefficient (Wildman–Crippen LogP) is 10.8. The highest BCUT2D eigenvalue weighted by Crippen LogP contribution is 2.33. The van der Waals surface area contributed by atoms with E-state index in [1.807, 2.05) is 12.1 Å². The van der Waals surface area contributed by atoms with E-state index in [0.717, 1.165) is 40.5 Å². The highest BCUT2D eigenvalue weighted by molar-refractivity contribution is 9.10. The number of alkyl halides is 1. The van der Waals surface area contributed by atoms with Crippen LogP contribution in [0.1, 0.15) is 40.2 Å². The molecule has 0 radical (unpaired) electrons. The zero-order chi connectivity index (χ0) is 28.7. The SMILES string of the molecule is BrCc1ccc(Br)cc1.Brc1ccc(CN2CCSC(c3ccccc3)C2)cc1.C.c1ccc(C2CNCCS2)cc1. The van der Waals surface area contributed by atoms with Gasteiger partial charge in [-0.2, -0.15) is 23.5 Å². The van der Waals surface area contributed by atoms with Gasteiger partial charge in [-0.05, 0) is 46.5 Å². The molecule has 2 aliphatic rings. The summed E-state index contributed by atoms with van der Waals surface area (Å²) in [5.74, 6) is 2.45. The van der Waals surface area contributed by atoms with Crippen LogP contribution in [0.5, 0.6) is 0 Å². The zero-order valence-electron chi connectivity index (χ0n) is 23.1. The van der Waals surface area contributed by atoms with Crippen LogP contribution < -0.4 is 5.32 Å². The average Bonchev–Trinajstić information content (AvgIpc) is 3.05. The van der Waals surface area contributed by atoms with E-state index in [-0.39, 0.29) is 7.43 Å². The lowest BCUT2D eigenvalue weighted by molar-refractivity contribution is 0.275. The van der Waals surface area contributed by atoms with E-state index in [1.54, 1.807) is 0 Å². The Balaban J connectivity index is 0.000000188. The lowest BCUT2D eigenvalue weighted by Crippen LogP contribution is -2.33. The Bertz CT molecular complexity index is 1250. The van der Waals surface area contributed by atoms with Crippen LogP contribution in [-0.4, -0.2) is 42.6 Å². The van der Waals surface area contributed by atoms with Crippen LogP contribution in [0.15, 0.2) is 118 Å². The van der Waals surface area contributed by atoms with E-state index in [4.69, 9.17) is 0 Å². The minimum Gasteiger partial charge on any atom is -0.314 e. The van der Waals surface area contributed by atoms with Crippen molar-refractivity contribution in [3.63, 3.8) is 0 Å². The standard InChI is InChI=1S/C17H18BrNS.C10H13NS.C7H6Br2.CH4/c18-16-8-6-14(7-9-16)12-19-10-11-20-17(13-19)15-4-2-1-3-5-15;1-2-4-9(5-3-1)10-8-11-6-7-12-10;8-5-6-1-3-7(9)4-2-6;/h1-9,17H,10-13H2;1-5,10-11H,6-8H2;1-4H,5H2;1H4. The molecule has 4 aromatic rings. The molecule has 224 valence electrons. The van der Waals surface area contributed by atoms with Crippen LogP contribution in [0.25, 0.3) is 0 Å². The normalized spacial score (nSPS) is 18.4. The van der Waals surface area contributed by atoms with Gasteiger partial charge in [0.2, 0.25) is 0 Å². The van der Waals surface area contributed by atoms with Crippen LogP contribution in [-0.2, 0) is 11.9 Å². The van der Waals surface area contributed by atoms with E-state index in [1.165, 1.54) is 40.3 Å². The molecule has 2 nitrogen and oxygen atoms in total. The second kappa shape index (κ2) is 20.1. The Hall–Kier alpha value is -1.06. The van der Waals surface area contributed by atoms with E-state index in [9.17, 15) is 0 Å². The summed E-state index contributed by atoms with van der Waals surface area (Å²) in [7, 11) is 0. The number of benzene rings is 4. The second-order valence-corrected chi connectivity index (χ2v) is 14.9. The van der Waals surface area contributed by atoms with Gasteiger partial charge in [-0.3, -0.25) is 4.90 Å². The fourth-order valence-electron chi connectivity index (χ4n) is 4.58. The second-order valence-electron chi connectivity index (χ2n) is 9.87. The molecule has 2 unspecified atom stereocenters. The molecule has 1 N–H and O–H groups in total. The number of hydrogen-bond donors (Lipinski definition) is 1. The summed E-state index contributed by atoms with van der Waals surface area (Å²) in [5, 5.41) is 5.62. The minimum absolute atomic E-state index is 0. The fourth-order valence-corrected chi connectivity index (χ4v) is 7.93. The first kappa shape index (κ1) is 35.4. The van der Waals surface area contributed by atoms with Gasteiger partial charge < -0.3 is 5.32 Å². The summed E-state index contributed by atoms with van der Waals surface area (Å²) in [6.45, 7) is 5.66. The third kappa shape index (κ3) is 12.5. The number of nitrogens with zero attached hydrogens (tertiary/aromatic N) is 1. The maximum Gasteiger partial charge on any atom is 0.0425 e. The van der Waals surface area contributed by atoms with Gasteiger partial charge in [0, 0.05) is 69.0 Å². The Morgan fingerprint density at radius 1 is 0.667 bits per heavy atom. The van der Waals surface area contributed by atoms with Gasteiger partial charge >= 0.3 is 0 Å². The number of hydrogen-bond acceptors (Lipinski definition) is 4. The summed E-state index contributed by atoms with van der Waals surface area (Å²) >= 11 is 14.4. The molecule has 2 aliphatic heterocycles. The van der Waals surface area contributed by atoms with Crippen molar-refractivity contribution in [2.24, 2.45) is 0 Å². The van der Waals surface area contributed by atoms with Gasteiger partial charge in [-0.15, -0.1) is 0 Å². The molecule has 2 saturated heterocycles. The maximum absolute atomic E-state index is 3.49. The van der Waals surface area contributed by atoms with Gasteiger partial charge in [-0.25, -0.2) is 0 Å². The highest BCUT2D eigenvalue weighted by atomic mass is 79.9. The van der Waals surface area contributed by atoms with Gasteiger partial charge in [-0.1, -0.05) is 140 Å². The van der Waals surface area contributed by atoms with Crippen LogP contribution in [0.4, 0.5) is 0 Å². The lowest BCUT2D eigenvalue weighted by atomic mass is 10.1. The molecule has 0 aromatic heterocycles. The van der Waals surface area contributed by atoms with Gasteiger partial charge in [0.05, 0.1) is 0 Å². The third-order valence-electron chi connectivity index (χ3n) is 6.81. The van der Waals surface area contributed by atoms with Gasteiger partial charge in [0.15, 0.2) is 0 Å². The first-order valence-corrected chi connectivity index (χ1v) is 18.7. The average molecular weight is 794 g/mol. The topological polar surface area (TPSA) is 15.3 Å². The molecule has 2 heterocycles. The molecule has 2 atom stereocenters. The molecule has 0 aliphatic carbocycles. The van der Waals surface area contributed by atoms with Crippen molar-refractivity contribution in [2.75, 3.05) is 37.7 Å². The first-order chi connectivity index (χ1) is 20.1. The van der Waals surface area contributed by atoms with Gasteiger partial charge in [0.1, 0.15) is 0 Å². The molecule has 0 amide bonds. The summed E-state index contributed by atoms with van der Waals surface area (Å²) < 4.78 is 2.28. The van der Waals surface area contributed by atoms with E-state index in [0.29, 0.717) is 10.5 Å². The largest absolute Gasteiger partial charge is 0.314 e. The van der Waals surface area contributed by atoms with Crippen LogP contribution >= 0.6 is 71.3 Å². The summed E-state index contributed by atoms with van der Waals surface area (Å²) in [6.07, 6.45) is 0. The molecule has 4 aromatic carbocycles. The van der Waals surface area contributed by atoms with Crippen molar-refractivity contribution in [1.82, 2.24) is 10.2 Å². The monoisotopic (exact) mass is 790 g/mol. The molecule has 2 fully saturated rings. The highest BCUT2D eigenvalue weighted by Gasteiger charge is 2.21. The van der Waals surface area contributed by atoms with Crippen LogP contribution in [0.2, 0.25) is 0 Å². The lowest BCUT2D eigenvalue weighted by Gasteiger charge is -2.32. The molecule has 0 saturated carbocycles. The van der Waals surface area contributed by atoms with Crippen molar-refractivity contribution in [1.29, 1.82) is 0 Å². The Morgan fingerprint density at radius 2 is 1.19 bits per heavy atom. The van der Waals surface area contributed by atoms with Crippen molar-refractivity contribution < 1.29 is 0 Å². The minimum atomic E-state index is 0. The predicted molar refractivity (Wildman–Crippen MR) is 199 cm³/mol. The Morgan fingerprint density at radius 3 is 1.71 bits per heavy atom. The Labute approximate surface area is 287 Å². The van der Waals surface area contributed by atoms with E-state index >= 15 is 0 Å². The smallest absolute Gasteiger partial charge is 0.0425 e. The van der Waals surface area contributed by atoms with E-state index < -0.39 is 0 Å². The molecule has 0 bridgehead atoms. The number of thioether (sulfide) groups is 2. The van der Waals surface area contributed by atoms with Crippen molar-refractivity contribution in [3.05, 3.63) is 140 Å². The molecular weight excluding hydrogens is 752 g/mol. The summed E-state index contributed by atoms with van der Waals surface area (Å²) in [6, 6.07) is 38.5. The summed E-state index contributed by atoms with van der Waals surface area (Å²) in [4.78, 5) is 2.57. The number of halogens is 3. The quantitative estimate of drug-likeness (QED) is 0.202. The summed E-state index contributed by atoms with van der Waals surface area (Å²) in [5.41, 5.74) is 5.61. The van der Waals surface area contributed by atoms with Crippen LogP contribution in [0.3, 0.4) is 0 Å². The van der Waals surface area contributed by atoms with Crippen molar-refractivity contribution in [3.8, 4) is 0 Å². The molecule has 6 rings (SSSR count). The maximum atomic E-state index is 3.49. The molecule has 0 spiro atoms. The number of nitrogens with one attached hydrogen (secondary N) is 1. The van der Waals surface area contributed by atoms with Crippen molar-refractivity contribution in [2.45, 2.75) is 29.8 Å². The Kier molecular flexibility index (Phi) is 16.9. The third-order valence-corrected chi connectivity index (χ3v) is 11.0. The first-order valence-electron chi connectivity index (χ1n) is 13.9. The zero-order valence-corrected chi connectivity index (χ0v) is 29.5. The van der Waals surface area contributed by atoms with E-state index in [2.05, 4.69) is 179 Å². The van der Waals surface area contributed by atoms with Gasteiger partial charge in [0.25, 0.3) is 0 Å². The molecule has 7 heteroatoms.